The van der Waals surface area contributed by atoms with E-state index >= 15 is 0 Å². The first-order valence-electron chi connectivity index (χ1n) is 3.49. The highest BCUT2D eigenvalue weighted by Gasteiger charge is 2.14. The van der Waals surface area contributed by atoms with E-state index in [0.29, 0.717) is 15.4 Å². The zero-order valence-electron chi connectivity index (χ0n) is 6.75. The maximum atomic E-state index is 10.9. The fourth-order valence-corrected chi connectivity index (χ4v) is 1.83. The van der Waals surface area contributed by atoms with Gasteiger partial charge in [-0.05, 0) is 46.3 Å². The third-order valence-electron chi connectivity index (χ3n) is 1.62. The van der Waals surface area contributed by atoms with Gasteiger partial charge in [0.1, 0.15) is 6.07 Å². The number of carbonyl (C=O) groups excluding carboxylic acids is 2. The monoisotopic (exact) mass is 319 g/mol. The van der Waals surface area contributed by atoms with Crippen LogP contribution in [0.4, 0.5) is 0 Å². The molecular formula is C9H3ClINO2. The molecule has 0 aliphatic heterocycles. The van der Waals surface area contributed by atoms with E-state index in [4.69, 9.17) is 16.9 Å². The van der Waals surface area contributed by atoms with Crippen molar-refractivity contribution in [3.8, 4) is 6.07 Å². The molecule has 0 fully saturated rings. The van der Waals surface area contributed by atoms with Crippen LogP contribution in [0.25, 0.3) is 0 Å². The minimum absolute atomic E-state index is 0.129. The van der Waals surface area contributed by atoms with Gasteiger partial charge < -0.3 is 0 Å². The summed E-state index contributed by atoms with van der Waals surface area (Å²) in [6.07, 6.45) is 0.630. The van der Waals surface area contributed by atoms with Crippen molar-refractivity contribution in [3.05, 3.63) is 32.4 Å². The summed E-state index contributed by atoms with van der Waals surface area (Å²) in [7, 11) is 0. The zero-order valence-corrected chi connectivity index (χ0v) is 9.67. The molecule has 1 aromatic rings. The second-order valence-electron chi connectivity index (χ2n) is 2.39. The molecule has 1 rings (SSSR count). The van der Waals surface area contributed by atoms with Gasteiger partial charge in [-0.15, -0.1) is 0 Å². The molecular weight excluding hydrogens is 316 g/mol. The standard InChI is InChI=1S/C9H3ClINO2/c10-9(14)6-2-1-5(4-13)8(11)7(6)3-12/h1-2,4H. The van der Waals surface area contributed by atoms with Gasteiger partial charge in [0, 0.05) is 9.13 Å². The Kier molecular flexibility index (Phi) is 3.61. The molecule has 70 valence electrons. The fraction of sp³-hybridized carbons (Fsp3) is 0. The van der Waals surface area contributed by atoms with E-state index in [1.165, 1.54) is 12.1 Å². The Bertz CT molecular complexity index is 451. The molecule has 0 aliphatic rings. The van der Waals surface area contributed by atoms with Crippen LogP contribution in [-0.2, 0) is 0 Å². The quantitative estimate of drug-likeness (QED) is 0.478. The van der Waals surface area contributed by atoms with Gasteiger partial charge in [-0.2, -0.15) is 5.26 Å². The molecule has 0 amide bonds. The fourth-order valence-electron chi connectivity index (χ4n) is 0.956. The average Bonchev–Trinajstić information content (AvgIpc) is 2.17. The lowest BCUT2D eigenvalue weighted by atomic mass is 10.1. The Labute approximate surface area is 98.8 Å². The number of rotatable bonds is 2. The SMILES string of the molecule is N#Cc1c(C(=O)Cl)ccc(C=O)c1I. The van der Waals surface area contributed by atoms with Crippen molar-refractivity contribution in [3.63, 3.8) is 0 Å². The third kappa shape index (κ3) is 1.94. The lowest BCUT2D eigenvalue weighted by Crippen LogP contribution is -2.00. The van der Waals surface area contributed by atoms with Crippen LogP contribution < -0.4 is 0 Å². The number of halogens is 2. The Balaban J connectivity index is 3.53. The van der Waals surface area contributed by atoms with Crippen molar-refractivity contribution < 1.29 is 9.59 Å². The van der Waals surface area contributed by atoms with E-state index < -0.39 is 5.24 Å². The number of aldehydes is 1. The molecule has 0 N–H and O–H groups in total. The molecule has 3 nitrogen and oxygen atoms in total. The van der Waals surface area contributed by atoms with Crippen molar-refractivity contribution in [1.82, 2.24) is 0 Å². The number of carbonyl (C=O) groups is 2. The molecule has 0 spiro atoms. The Morgan fingerprint density at radius 3 is 2.64 bits per heavy atom. The summed E-state index contributed by atoms with van der Waals surface area (Å²) in [5.41, 5.74) is 0.656. The Hall–Kier alpha value is -0.930. The van der Waals surface area contributed by atoms with Gasteiger partial charge in [-0.1, -0.05) is 0 Å². The molecule has 0 aromatic heterocycles. The maximum absolute atomic E-state index is 10.9. The minimum atomic E-state index is -0.697. The first-order valence-corrected chi connectivity index (χ1v) is 4.95. The van der Waals surface area contributed by atoms with Crippen LogP contribution in [0.3, 0.4) is 0 Å². The van der Waals surface area contributed by atoms with E-state index in [1.807, 2.05) is 28.7 Å². The van der Waals surface area contributed by atoms with Gasteiger partial charge in [0.05, 0.1) is 11.1 Å². The molecule has 0 aliphatic carbocycles. The van der Waals surface area contributed by atoms with Crippen LogP contribution in [0, 0.1) is 14.9 Å². The first-order chi connectivity index (χ1) is 6.61. The van der Waals surface area contributed by atoms with Gasteiger partial charge in [-0.3, -0.25) is 9.59 Å². The van der Waals surface area contributed by atoms with Gasteiger partial charge in [0.15, 0.2) is 6.29 Å². The van der Waals surface area contributed by atoms with E-state index in [9.17, 15) is 9.59 Å². The summed E-state index contributed by atoms with van der Waals surface area (Å²) in [5.74, 6) is 0. The Morgan fingerprint density at radius 1 is 1.57 bits per heavy atom. The summed E-state index contributed by atoms with van der Waals surface area (Å²) < 4.78 is 0.451. The second kappa shape index (κ2) is 4.53. The van der Waals surface area contributed by atoms with Gasteiger partial charge >= 0.3 is 0 Å². The molecule has 14 heavy (non-hydrogen) atoms. The average molecular weight is 319 g/mol. The molecule has 0 saturated heterocycles. The zero-order chi connectivity index (χ0) is 10.7. The van der Waals surface area contributed by atoms with Crippen LogP contribution >= 0.6 is 34.2 Å². The highest BCUT2D eigenvalue weighted by atomic mass is 127. The lowest BCUT2D eigenvalue weighted by molar-refractivity contribution is 0.107. The topological polar surface area (TPSA) is 57.9 Å². The number of nitrogens with zero attached hydrogens (tertiary/aromatic N) is 1. The molecule has 0 bridgehead atoms. The van der Waals surface area contributed by atoms with E-state index in [2.05, 4.69) is 0 Å². The lowest BCUT2D eigenvalue weighted by Gasteiger charge is -2.02. The highest BCUT2D eigenvalue weighted by molar-refractivity contribution is 14.1. The van der Waals surface area contributed by atoms with Crippen molar-refractivity contribution in [2.45, 2.75) is 0 Å². The molecule has 0 unspecified atom stereocenters. The van der Waals surface area contributed by atoms with Crippen LogP contribution in [0.1, 0.15) is 26.3 Å². The predicted octanol–water partition coefficient (Wildman–Crippen LogP) is 2.35. The van der Waals surface area contributed by atoms with Gasteiger partial charge in [0.2, 0.25) is 0 Å². The maximum Gasteiger partial charge on any atom is 0.253 e. The number of nitriles is 1. The van der Waals surface area contributed by atoms with Gasteiger partial charge in [-0.25, -0.2) is 0 Å². The third-order valence-corrected chi connectivity index (χ3v) is 2.99. The molecule has 0 radical (unpaired) electrons. The van der Waals surface area contributed by atoms with Crippen LogP contribution in [0.15, 0.2) is 12.1 Å². The van der Waals surface area contributed by atoms with E-state index in [-0.39, 0.29) is 11.1 Å². The van der Waals surface area contributed by atoms with Crippen LogP contribution in [0.2, 0.25) is 0 Å². The molecule has 0 atom stereocenters. The largest absolute Gasteiger partial charge is 0.298 e. The normalized spacial score (nSPS) is 9.21. The molecule has 5 heteroatoms. The van der Waals surface area contributed by atoms with Crippen LogP contribution in [0.5, 0.6) is 0 Å². The molecule has 0 saturated carbocycles. The minimum Gasteiger partial charge on any atom is -0.298 e. The Morgan fingerprint density at radius 2 is 2.21 bits per heavy atom. The number of hydrogen-bond donors (Lipinski definition) is 0. The second-order valence-corrected chi connectivity index (χ2v) is 3.82. The summed E-state index contributed by atoms with van der Waals surface area (Å²) >= 11 is 7.11. The smallest absolute Gasteiger partial charge is 0.253 e. The first kappa shape index (κ1) is 11.1. The summed E-state index contributed by atoms with van der Waals surface area (Å²) in [6.45, 7) is 0. The van der Waals surface area contributed by atoms with Crippen LogP contribution in [-0.4, -0.2) is 11.5 Å². The summed E-state index contributed by atoms with van der Waals surface area (Å²) in [4.78, 5) is 21.4. The van der Waals surface area contributed by atoms with E-state index in [0.717, 1.165) is 0 Å². The highest BCUT2D eigenvalue weighted by Crippen LogP contribution is 2.21. The van der Waals surface area contributed by atoms with Crippen molar-refractivity contribution in [2.24, 2.45) is 0 Å². The van der Waals surface area contributed by atoms with Gasteiger partial charge in [0.25, 0.3) is 5.24 Å². The number of benzene rings is 1. The molecule has 0 heterocycles. The van der Waals surface area contributed by atoms with Crippen molar-refractivity contribution in [2.75, 3.05) is 0 Å². The van der Waals surface area contributed by atoms with Crippen molar-refractivity contribution in [1.29, 1.82) is 5.26 Å². The van der Waals surface area contributed by atoms with Crippen molar-refractivity contribution >= 4 is 45.7 Å². The summed E-state index contributed by atoms with van der Waals surface area (Å²) in [6, 6.07) is 4.69. The summed E-state index contributed by atoms with van der Waals surface area (Å²) in [5, 5.41) is 8.09. The predicted molar refractivity (Wildman–Crippen MR) is 59.4 cm³/mol. The number of hydrogen-bond acceptors (Lipinski definition) is 3. The molecule has 1 aromatic carbocycles. The van der Waals surface area contributed by atoms with E-state index in [1.54, 1.807) is 0 Å².